The van der Waals surface area contributed by atoms with Crippen molar-refractivity contribution in [3.63, 3.8) is 0 Å². The van der Waals surface area contributed by atoms with Gasteiger partial charge < -0.3 is 5.32 Å². The van der Waals surface area contributed by atoms with Crippen LogP contribution in [0, 0.1) is 0 Å². The van der Waals surface area contributed by atoms with E-state index < -0.39 is 10.0 Å². The predicted octanol–water partition coefficient (Wildman–Crippen LogP) is 4.87. The summed E-state index contributed by atoms with van der Waals surface area (Å²) in [6, 6.07) is 13.9. The number of anilines is 1. The summed E-state index contributed by atoms with van der Waals surface area (Å²) in [5.41, 5.74) is 2.31. The van der Waals surface area contributed by atoms with Gasteiger partial charge >= 0.3 is 0 Å². The van der Waals surface area contributed by atoms with Crippen molar-refractivity contribution < 1.29 is 13.2 Å². The van der Waals surface area contributed by atoms with Crippen LogP contribution in [0.1, 0.15) is 62.4 Å². The first-order valence-electron chi connectivity index (χ1n) is 9.81. The summed E-state index contributed by atoms with van der Waals surface area (Å²) in [4.78, 5) is 12.7. The van der Waals surface area contributed by atoms with Crippen LogP contribution >= 0.6 is 0 Å². The van der Waals surface area contributed by atoms with Crippen molar-refractivity contribution in [2.24, 2.45) is 0 Å². The summed E-state index contributed by atoms with van der Waals surface area (Å²) in [6.45, 7) is 9.14. The Balaban J connectivity index is 2.12. The Morgan fingerprint density at radius 1 is 0.929 bits per heavy atom. The SMILES string of the molecule is CCCN(CCC)S(=O)(=O)c1ccc(NC(=O)c2ccc(C(C)C)cc2)cc1. The zero-order valence-electron chi connectivity index (χ0n) is 17.1. The Labute approximate surface area is 168 Å². The average Bonchev–Trinajstić information content (AvgIpc) is 2.68. The van der Waals surface area contributed by atoms with Crippen LogP contribution in [0.25, 0.3) is 0 Å². The van der Waals surface area contributed by atoms with Crippen LogP contribution in [0.3, 0.4) is 0 Å². The van der Waals surface area contributed by atoms with Gasteiger partial charge in [-0.3, -0.25) is 4.79 Å². The van der Waals surface area contributed by atoms with Crippen LogP contribution in [0.2, 0.25) is 0 Å². The molecule has 0 aromatic heterocycles. The van der Waals surface area contributed by atoms with E-state index in [-0.39, 0.29) is 10.8 Å². The van der Waals surface area contributed by atoms with Gasteiger partial charge in [-0.2, -0.15) is 4.31 Å². The first kappa shape index (κ1) is 22.1. The minimum Gasteiger partial charge on any atom is -0.322 e. The maximum absolute atomic E-state index is 12.8. The second-order valence-electron chi connectivity index (χ2n) is 7.16. The number of nitrogens with one attached hydrogen (secondary N) is 1. The van der Waals surface area contributed by atoms with Crippen molar-refractivity contribution >= 4 is 21.6 Å². The Bertz CT molecular complexity index is 867. The number of amides is 1. The molecule has 2 rings (SSSR count). The second-order valence-corrected chi connectivity index (χ2v) is 9.10. The Hall–Kier alpha value is -2.18. The van der Waals surface area contributed by atoms with Crippen LogP contribution in [-0.4, -0.2) is 31.7 Å². The third-order valence-electron chi connectivity index (χ3n) is 4.54. The predicted molar refractivity (Wildman–Crippen MR) is 114 cm³/mol. The van der Waals surface area contributed by atoms with Gasteiger partial charge in [-0.15, -0.1) is 0 Å². The molecule has 5 nitrogen and oxygen atoms in total. The van der Waals surface area contributed by atoms with Crippen molar-refractivity contribution in [3.05, 3.63) is 59.7 Å². The van der Waals surface area contributed by atoms with Gasteiger partial charge in [0.05, 0.1) is 4.90 Å². The maximum atomic E-state index is 12.8. The number of rotatable bonds is 9. The molecular weight excluding hydrogens is 372 g/mol. The third-order valence-corrected chi connectivity index (χ3v) is 6.45. The highest BCUT2D eigenvalue weighted by molar-refractivity contribution is 7.89. The molecule has 0 aliphatic heterocycles. The fourth-order valence-corrected chi connectivity index (χ4v) is 4.56. The number of carbonyl (C=O) groups is 1. The lowest BCUT2D eigenvalue weighted by Crippen LogP contribution is -2.32. The van der Waals surface area contributed by atoms with E-state index >= 15 is 0 Å². The van der Waals surface area contributed by atoms with Crippen LogP contribution < -0.4 is 5.32 Å². The number of nitrogens with zero attached hydrogens (tertiary/aromatic N) is 1. The van der Waals surface area contributed by atoms with E-state index in [1.165, 1.54) is 9.87 Å². The minimum atomic E-state index is -3.52. The van der Waals surface area contributed by atoms with Crippen LogP contribution in [0.4, 0.5) is 5.69 Å². The number of hydrogen-bond acceptors (Lipinski definition) is 3. The fourth-order valence-electron chi connectivity index (χ4n) is 2.93. The van der Waals surface area contributed by atoms with Gasteiger partial charge in [0.2, 0.25) is 10.0 Å². The van der Waals surface area contributed by atoms with Crippen molar-refractivity contribution in [1.82, 2.24) is 4.31 Å². The van der Waals surface area contributed by atoms with Gasteiger partial charge in [0.1, 0.15) is 0 Å². The summed E-state index contributed by atoms with van der Waals surface area (Å²) in [5, 5.41) is 2.82. The molecule has 152 valence electrons. The van der Waals surface area contributed by atoms with E-state index in [1.54, 1.807) is 36.4 Å². The van der Waals surface area contributed by atoms with E-state index in [9.17, 15) is 13.2 Å². The molecule has 0 fully saturated rings. The monoisotopic (exact) mass is 402 g/mol. The Kier molecular flexibility index (Phi) is 7.78. The van der Waals surface area contributed by atoms with Gasteiger partial charge in [-0.05, 0) is 60.7 Å². The summed E-state index contributed by atoms with van der Waals surface area (Å²) < 4.78 is 27.1. The topological polar surface area (TPSA) is 66.5 Å². The second kappa shape index (κ2) is 9.85. The molecule has 28 heavy (non-hydrogen) atoms. The maximum Gasteiger partial charge on any atom is 0.255 e. The van der Waals surface area contributed by atoms with Crippen molar-refractivity contribution in [1.29, 1.82) is 0 Å². The van der Waals surface area contributed by atoms with Gasteiger partial charge in [-0.25, -0.2) is 8.42 Å². The van der Waals surface area contributed by atoms with Crippen LogP contribution in [0.5, 0.6) is 0 Å². The molecule has 0 unspecified atom stereocenters. The lowest BCUT2D eigenvalue weighted by atomic mass is 10.0. The smallest absolute Gasteiger partial charge is 0.255 e. The standard InChI is InChI=1S/C22H30N2O3S/c1-5-15-24(16-6-2)28(26,27)21-13-11-20(12-14-21)23-22(25)19-9-7-18(8-10-19)17(3)4/h7-14,17H,5-6,15-16H2,1-4H3,(H,23,25). The molecule has 0 bridgehead atoms. The molecule has 0 aliphatic rings. The lowest BCUT2D eigenvalue weighted by Gasteiger charge is -2.21. The van der Waals surface area contributed by atoms with Gasteiger partial charge in [0.15, 0.2) is 0 Å². The third kappa shape index (κ3) is 5.42. The highest BCUT2D eigenvalue weighted by Crippen LogP contribution is 2.20. The first-order chi connectivity index (χ1) is 13.3. The molecule has 2 aromatic rings. The number of sulfonamides is 1. The van der Waals surface area contributed by atoms with E-state index in [4.69, 9.17) is 0 Å². The lowest BCUT2D eigenvalue weighted by molar-refractivity contribution is 0.102. The van der Waals surface area contributed by atoms with E-state index in [1.807, 2.05) is 26.0 Å². The molecule has 1 N–H and O–H groups in total. The molecular formula is C22H30N2O3S. The number of carbonyl (C=O) groups excluding carboxylic acids is 1. The molecule has 1 amide bonds. The zero-order valence-corrected chi connectivity index (χ0v) is 17.9. The van der Waals surface area contributed by atoms with Crippen molar-refractivity contribution in [2.45, 2.75) is 51.3 Å². The minimum absolute atomic E-state index is 0.218. The molecule has 0 aliphatic carbocycles. The fraction of sp³-hybridized carbons (Fsp3) is 0.409. The molecule has 0 spiro atoms. The molecule has 0 saturated carbocycles. The van der Waals surface area contributed by atoms with E-state index in [0.29, 0.717) is 30.3 Å². The summed E-state index contributed by atoms with van der Waals surface area (Å²) in [6.07, 6.45) is 1.53. The van der Waals surface area contributed by atoms with Gasteiger partial charge in [-0.1, -0.05) is 39.8 Å². The highest BCUT2D eigenvalue weighted by atomic mass is 32.2. The zero-order chi connectivity index (χ0) is 20.7. The molecule has 0 heterocycles. The van der Waals surface area contributed by atoms with Crippen molar-refractivity contribution in [3.8, 4) is 0 Å². The summed E-state index contributed by atoms with van der Waals surface area (Å²) >= 11 is 0. The number of benzene rings is 2. The normalized spacial score (nSPS) is 11.8. The Morgan fingerprint density at radius 3 is 1.93 bits per heavy atom. The molecule has 0 atom stereocenters. The molecule has 2 aromatic carbocycles. The summed E-state index contributed by atoms with van der Waals surface area (Å²) in [5.74, 6) is 0.191. The largest absolute Gasteiger partial charge is 0.322 e. The van der Waals surface area contributed by atoms with E-state index in [2.05, 4.69) is 19.2 Å². The summed E-state index contributed by atoms with van der Waals surface area (Å²) in [7, 11) is -3.52. The van der Waals surface area contributed by atoms with Gasteiger partial charge in [0.25, 0.3) is 5.91 Å². The highest BCUT2D eigenvalue weighted by Gasteiger charge is 2.22. The first-order valence-corrected chi connectivity index (χ1v) is 11.2. The Morgan fingerprint density at radius 2 is 1.46 bits per heavy atom. The van der Waals surface area contributed by atoms with Crippen molar-refractivity contribution in [2.75, 3.05) is 18.4 Å². The molecule has 0 radical (unpaired) electrons. The van der Waals surface area contributed by atoms with Crippen LogP contribution in [0.15, 0.2) is 53.4 Å². The van der Waals surface area contributed by atoms with E-state index in [0.717, 1.165) is 12.8 Å². The quantitative estimate of drug-likeness (QED) is 0.650. The number of hydrogen-bond donors (Lipinski definition) is 1. The molecule has 6 heteroatoms. The average molecular weight is 403 g/mol. The van der Waals surface area contributed by atoms with Gasteiger partial charge in [0, 0.05) is 24.3 Å². The van der Waals surface area contributed by atoms with Crippen LogP contribution in [-0.2, 0) is 10.0 Å². The molecule has 0 saturated heterocycles.